The fourth-order valence-corrected chi connectivity index (χ4v) is 6.46. The first-order chi connectivity index (χ1) is 28.3. The summed E-state index contributed by atoms with van der Waals surface area (Å²) in [4.78, 5) is 25.3. The topological polar surface area (TPSA) is 152 Å². The predicted molar refractivity (Wildman–Crippen MR) is 233 cm³/mol. The van der Waals surface area contributed by atoms with Gasteiger partial charge in [-0.1, -0.05) is 139 Å². The minimum absolute atomic E-state index is 0.188. The smallest absolute Gasteiger partial charge is 0.306 e. The van der Waals surface area contributed by atoms with Gasteiger partial charge >= 0.3 is 11.9 Å². The summed E-state index contributed by atoms with van der Waals surface area (Å²) in [6, 6.07) is 0. The molecule has 1 rings (SSSR count). The van der Waals surface area contributed by atoms with Gasteiger partial charge in [0, 0.05) is 12.8 Å². The number of carbonyl (C=O) groups is 2. The maximum absolute atomic E-state index is 12.8. The summed E-state index contributed by atoms with van der Waals surface area (Å²) in [6.07, 6.45) is 39.3. The van der Waals surface area contributed by atoms with Gasteiger partial charge in [0.2, 0.25) is 0 Å². The minimum Gasteiger partial charge on any atom is -0.462 e. The number of carbonyl (C=O) groups excluding carboxylic acids is 2. The summed E-state index contributed by atoms with van der Waals surface area (Å²) in [5.74, 6) is -0.856. The Balaban J connectivity index is 2.37. The first-order valence-electron chi connectivity index (χ1n) is 22.9. The molecule has 1 heterocycles. The Bertz CT molecular complexity index is 1130. The molecule has 2 unspecified atom stereocenters. The zero-order valence-corrected chi connectivity index (χ0v) is 36.3. The van der Waals surface area contributed by atoms with E-state index < -0.39 is 55.4 Å². The molecule has 10 nitrogen and oxygen atoms in total. The molecule has 1 fully saturated rings. The highest BCUT2D eigenvalue weighted by molar-refractivity contribution is 5.70. The first-order valence-corrected chi connectivity index (χ1v) is 22.9. The Morgan fingerprint density at radius 3 is 1.52 bits per heavy atom. The van der Waals surface area contributed by atoms with Crippen molar-refractivity contribution in [1.29, 1.82) is 0 Å². The second-order valence-electron chi connectivity index (χ2n) is 15.5. The van der Waals surface area contributed by atoms with Crippen molar-refractivity contribution >= 4 is 11.9 Å². The molecule has 334 valence electrons. The van der Waals surface area contributed by atoms with Crippen LogP contribution in [0.5, 0.6) is 0 Å². The molecule has 0 aromatic carbocycles. The van der Waals surface area contributed by atoms with Crippen LogP contribution in [0.1, 0.15) is 174 Å². The molecule has 0 amide bonds. The van der Waals surface area contributed by atoms with E-state index in [1.807, 2.05) is 0 Å². The Morgan fingerprint density at radius 1 is 0.534 bits per heavy atom. The number of hydrogen-bond donors (Lipinski definition) is 4. The van der Waals surface area contributed by atoms with E-state index in [2.05, 4.69) is 74.6 Å². The number of allylic oxidation sites excluding steroid dienone is 10. The van der Waals surface area contributed by atoms with Crippen LogP contribution in [0.4, 0.5) is 0 Å². The molecule has 58 heavy (non-hydrogen) atoms. The molecule has 0 aliphatic carbocycles. The van der Waals surface area contributed by atoms with E-state index in [0.717, 1.165) is 70.6 Å². The quantitative estimate of drug-likeness (QED) is 0.0271. The van der Waals surface area contributed by atoms with Gasteiger partial charge in [0.25, 0.3) is 0 Å². The normalized spacial score (nSPS) is 20.7. The maximum Gasteiger partial charge on any atom is 0.306 e. The second kappa shape index (κ2) is 38.6. The van der Waals surface area contributed by atoms with Crippen molar-refractivity contribution in [2.24, 2.45) is 0 Å². The first kappa shape index (κ1) is 53.4. The van der Waals surface area contributed by atoms with Gasteiger partial charge in [-0.3, -0.25) is 9.59 Å². The molecule has 0 aromatic rings. The van der Waals surface area contributed by atoms with Crippen LogP contribution >= 0.6 is 0 Å². The largest absolute Gasteiger partial charge is 0.462 e. The van der Waals surface area contributed by atoms with Crippen molar-refractivity contribution in [3.63, 3.8) is 0 Å². The van der Waals surface area contributed by atoms with Crippen LogP contribution in [0.25, 0.3) is 0 Å². The Labute approximate surface area is 351 Å². The van der Waals surface area contributed by atoms with E-state index in [1.165, 1.54) is 64.2 Å². The highest BCUT2D eigenvalue weighted by Crippen LogP contribution is 2.22. The molecular formula is C48H82O10. The molecule has 0 spiro atoms. The van der Waals surface area contributed by atoms with Crippen molar-refractivity contribution in [3.8, 4) is 0 Å². The predicted octanol–water partition coefficient (Wildman–Crippen LogP) is 9.83. The van der Waals surface area contributed by atoms with Crippen LogP contribution < -0.4 is 0 Å². The average Bonchev–Trinajstić information content (AvgIpc) is 3.22. The third-order valence-electron chi connectivity index (χ3n) is 10.1. The maximum atomic E-state index is 12.8. The summed E-state index contributed by atoms with van der Waals surface area (Å²) in [7, 11) is 0. The van der Waals surface area contributed by atoms with E-state index in [-0.39, 0.29) is 26.1 Å². The number of aliphatic hydroxyl groups excluding tert-OH is 4. The summed E-state index contributed by atoms with van der Waals surface area (Å²) in [5, 5.41) is 40.1. The highest BCUT2D eigenvalue weighted by Gasteiger charge is 2.44. The van der Waals surface area contributed by atoms with Gasteiger partial charge in [0.05, 0.1) is 13.2 Å². The van der Waals surface area contributed by atoms with E-state index in [0.29, 0.717) is 12.8 Å². The lowest BCUT2D eigenvalue weighted by atomic mass is 9.99. The van der Waals surface area contributed by atoms with Gasteiger partial charge in [0.15, 0.2) is 12.4 Å². The molecular weight excluding hydrogens is 737 g/mol. The number of esters is 2. The SMILES string of the molecule is CCCCC/C=C/C/C=C/C/C=C/C/C=C/CCCCCC(=O)O[C@H](COC(=O)CCCCCCC/C=C/CCCCCCC)CO[C@@H]1O[C@H](CO)[C@H](O)C(O)C1O. The average molecular weight is 819 g/mol. The van der Waals surface area contributed by atoms with Crippen LogP contribution in [-0.2, 0) is 28.5 Å². The molecule has 4 N–H and O–H groups in total. The standard InChI is InChI=1S/C48H82O10/c1-3-5-7-9-11-13-15-17-19-20-21-22-23-25-27-29-31-33-35-37-44(51)57-41(40-56-48-47(54)46(53)45(52)42(38-49)58-48)39-55-43(50)36-34-32-30-28-26-24-18-16-14-12-10-8-6-4-2/h11,13,16-19,21-22,25,27,41-42,45-49,52-54H,3-10,12,14-15,20,23-24,26,28-40H2,1-2H3/b13-11+,18-16+,19-17+,22-21+,27-25+/t41-,42-,45+,46?,47?,48-/m1/s1. The minimum atomic E-state index is -1.60. The lowest BCUT2D eigenvalue weighted by Crippen LogP contribution is -2.59. The lowest BCUT2D eigenvalue weighted by Gasteiger charge is -2.39. The summed E-state index contributed by atoms with van der Waals surface area (Å²) in [6.45, 7) is 3.33. The monoisotopic (exact) mass is 819 g/mol. The van der Waals surface area contributed by atoms with Crippen molar-refractivity contribution in [1.82, 2.24) is 0 Å². The molecule has 0 aromatic heterocycles. The van der Waals surface area contributed by atoms with Gasteiger partial charge in [-0.25, -0.2) is 0 Å². The summed E-state index contributed by atoms with van der Waals surface area (Å²) >= 11 is 0. The van der Waals surface area contributed by atoms with Crippen molar-refractivity contribution in [2.75, 3.05) is 19.8 Å². The Kier molecular flexibility index (Phi) is 35.5. The highest BCUT2D eigenvalue weighted by atomic mass is 16.7. The van der Waals surface area contributed by atoms with Gasteiger partial charge in [-0.2, -0.15) is 0 Å². The van der Waals surface area contributed by atoms with E-state index in [4.69, 9.17) is 18.9 Å². The van der Waals surface area contributed by atoms with Crippen LogP contribution in [0.2, 0.25) is 0 Å². The van der Waals surface area contributed by atoms with Crippen molar-refractivity contribution in [3.05, 3.63) is 60.8 Å². The van der Waals surface area contributed by atoms with Gasteiger partial charge < -0.3 is 39.4 Å². The second-order valence-corrected chi connectivity index (χ2v) is 15.5. The number of ether oxygens (including phenoxy) is 4. The number of rotatable bonds is 37. The van der Waals surface area contributed by atoms with E-state index in [9.17, 15) is 30.0 Å². The molecule has 1 aliphatic rings. The Morgan fingerprint density at radius 2 is 0.966 bits per heavy atom. The molecule has 0 radical (unpaired) electrons. The molecule has 0 bridgehead atoms. The Hall–Kier alpha value is -2.60. The molecule has 0 saturated carbocycles. The van der Waals surface area contributed by atoms with E-state index >= 15 is 0 Å². The third kappa shape index (κ3) is 29.6. The molecule has 1 aliphatic heterocycles. The third-order valence-corrected chi connectivity index (χ3v) is 10.1. The van der Waals surface area contributed by atoms with Crippen LogP contribution in [-0.4, -0.2) is 89.0 Å². The van der Waals surface area contributed by atoms with Crippen molar-refractivity contribution < 1.29 is 49.0 Å². The molecule has 1 saturated heterocycles. The fourth-order valence-electron chi connectivity index (χ4n) is 6.46. The van der Waals surface area contributed by atoms with Gasteiger partial charge in [-0.15, -0.1) is 0 Å². The number of hydrogen-bond acceptors (Lipinski definition) is 10. The van der Waals surface area contributed by atoms with Gasteiger partial charge in [0.1, 0.15) is 31.0 Å². The zero-order chi connectivity index (χ0) is 42.3. The van der Waals surface area contributed by atoms with E-state index in [1.54, 1.807) is 0 Å². The number of unbranched alkanes of at least 4 members (excludes halogenated alkanes) is 16. The fraction of sp³-hybridized carbons (Fsp3) is 0.750. The van der Waals surface area contributed by atoms with Crippen LogP contribution in [0.15, 0.2) is 60.8 Å². The van der Waals surface area contributed by atoms with Crippen molar-refractivity contribution in [2.45, 2.75) is 211 Å². The van der Waals surface area contributed by atoms with Gasteiger partial charge in [-0.05, 0) is 83.5 Å². The van der Waals surface area contributed by atoms with Crippen LogP contribution in [0.3, 0.4) is 0 Å². The molecule has 6 atom stereocenters. The van der Waals surface area contributed by atoms with Crippen LogP contribution in [0, 0.1) is 0 Å². The zero-order valence-electron chi connectivity index (χ0n) is 36.3. The lowest BCUT2D eigenvalue weighted by molar-refractivity contribution is -0.305. The molecule has 10 heteroatoms. The summed E-state index contributed by atoms with van der Waals surface area (Å²) in [5.41, 5.74) is 0. The number of aliphatic hydroxyl groups is 4. The summed E-state index contributed by atoms with van der Waals surface area (Å²) < 4.78 is 22.1.